The van der Waals surface area contributed by atoms with E-state index in [2.05, 4.69) is 5.10 Å². The van der Waals surface area contributed by atoms with E-state index in [9.17, 15) is 9.59 Å². The normalized spacial score (nSPS) is 28.1. The van der Waals surface area contributed by atoms with Crippen molar-refractivity contribution in [3.63, 3.8) is 0 Å². The largest absolute Gasteiger partial charge is 0.338 e. The molecule has 1 aromatic heterocycles. The molecular weight excluding hydrogens is 254 g/mol. The maximum Gasteiger partial charge on any atom is 0.266 e. The molecule has 4 rings (SSSR count). The Labute approximate surface area is 117 Å². The monoisotopic (exact) mass is 273 g/mol. The summed E-state index contributed by atoms with van der Waals surface area (Å²) in [6, 6.07) is 1.63. The predicted octanol–water partition coefficient (Wildman–Crippen LogP) is 0.711. The van der Waals surface area contributed by atoms with Crippen molar-refractivity contribution in [3.8, 4) is 0 Å². The van der Waals surface area contributed by atoms with Crippen molar-refractivity contribution in [1.29, 1.82) is 0 Å². The lowest BCUT2D eigenvalue weighted by atomic mass is 10.1. The highest BCUT2D eigenvalue weighted by molar-refractivity contribution is 5.82. The molecule has 0 spiro atoms. The number of amides is 1. The molecule has 0 radical (unpaired) electrons. The van der Waals surface area contributed by atoms with Crippen LogP contribution in [0.4, 0.5) is 0 Å². The number of rotatable bonds is 2. The van der Waals surface area contributed by atoms with Gasteiger partial charge in [0.2, 0.25) is 5.91 Å². The zero-order valence-corrected chi connectivity index (χ0v) is 11.7. The third-order valence-electron chi connectivity index (χ3n) is 4.93. The van der Waals surface area contributed by atoms with Gasteiger partial charge in [-0.3, -0.25) is 9.59 Å². The van der Waals surface area contributed by atoms with E-state index < -0.39 is 0 Å². The van der Waals surface area contributed by atoms with Crippen molar-refractivity contribution in [2.45, 2.75) is 32.2 Å². The third-order valence-corrected chi connectivity index (χ3v) is 4.93. The minimum Gasteiger partial charge on any atom is -0.338 e. The van der Waals surface area contributed by atoms with Gasteiger partial charge in [0.25, 0.3) is 5.56 Å². The maximum absolute atomic E-state index is 12.5. The molecule has 1 aromatic rings. The summed E-state index contributed by atoms with van der Waals surface area (Å²) >= 11 is 0. The molecule has 2 fully saturated rings. The molecule has 5 heteroatoms. The van der Waals surface area contributed by atoms with Crippen molar-refractivity contribution < 1.29 is 4.79 Å². The molecule has 0 N–H and O–H groups in total. The van der Waals surface area contributed by atoms with Crippen LogP contribution >= 0.6 is 0 Å². The van der Waals surface area contributed by atoms with Crippen LogP contribution in [0, 0.1) is 17.8 Å². The van der Waals surface area contributed by atoms with Crippen molar-refractivity contribution in [2.75, 3.05) is 6.54 Å². The van der Waals surface area contributed by atoms with E-state index in [-0.39, 0.29) is 11.5 Å². The highest BCUT2D eigenvalue weighted by Gasteiger charge is 2.52. The second kappa shape index (κ2) is 4.17. The third kappa shape index (κ3) is 1.96. The van der Waals surface area contributed by atoms with Gasteiger partial charge in [0, 0.05) is 44.1 Å². The van der Waals surface area contributed by atoms with Crippen LogP contribution in [-0.4, -0.2) is 27.1 Å². The Morgan fingerprint density at radius 1 is 1.40 bits per heavy atom. The van der Waals surface area contributed by atoms with Crippen LogP contribution in [0.1, 0.15) is 30.5 Å². The number of fused-ring (bicyclic) bond motifs is 1. The molecule has 2 atom stereocenters. The van der Waals surface area contributed by atoms with Gasteiger partial charge in [0.15, 0.2) is 0 Å². The van der Waals surface area contributed by atoms with Crippen molar-refractivity contribution in [1.82, 2.24) is 14.7 Å². The molecule has 0 bridgehead atoms. The van der Waals surface area contributed by atoms with E-state index in [0.717, 1.165) is 36.6 Å². The Morgan fingerprint density at radius 3 is 2.95 bits per heavy atom. The molecular formula is C15H19N3O2. The molecule has 0 unspecified atom stereocenters. The summed E-state index contributed by atoms with van der Waals surface area (Å²) in [5, 5.41) is 4.29. The van der Waals surface area contributed by atoms with Gasteiger partial charge in [-0.2, -0.15) is 5.10 Å². The summed E-state index contributed by atoms with van der Waals surface area (Å²) in [7, 11) is 1.67. The van der Waals surface area contributed by atoms with Crippen LogP contribution in [0.15, 0.2) is 10.9 Å². The van der Waals surface area contributed by atoms with Crippen LogP contribution < -0.4 is 5.56 Å². The standard InChI is InChI=1S/C15H19N3O2/c1-17-14(19)6-10-8-18(5-4-13(10)16-17)15(20)12-7-11(12)9-2-3-9/h6,9,11-12H,2-5,7-8H2,1H3/t11-,12+/m1/s1. The summed E-state index contributed by atoms with van der Waals surface area (Å²) in [5.41, 5.74) is 1.79. The van der Waals surface area contributed by atoms with Gasteiger partial charge in [0.05, 0.1) is 5.69 Å². The van der Waals surface area contributed by atoms with Crippen LogP contribution in [0.3, 0.4) is 0 Å². The van der Waals surface area contributed by atoms with Gasteiger partial charge in [-0.1, -0.05) is 0 Å². The van der Waals surface area contributed by atoms with Crippen molar-refractivity contribution in [3.05, 3.63) is 27.7 Å². The molecule has 3 aliphatic rings. The first-order chi connectivity index (χ1) is 9.63. The summed E-state index contributed by atoms with van der Waals surface area (Å²) in [4.78, 5) is 26.1. The number of carbonyl (C=O) groups excluding carboxylic acids is 1. The molecule has 2 saturated carbocycles. The van der Waals surface area contributed by atoms with Crippen LogP contribution in [0.25, 0.3) is 0 Å². The zero-order valence-electron chi connectivity index (χ0n) is 11.7. The summed E-state index contributed by atoms with van der Waals surface area (Å²) < 4.78 is 1.38. The molecule has 0 aromatic carbocycles. The van der Waals surface area contributed by atoms with Gasteiger partial charge in [-0.15, -0.1) is 0 Å². The Morgan fingerprint density at radius 2 is 2.20 bits per heavy atom. The lowest BCUT2D eigenvalue weighted by Gasteiger charge is -2.28. The quantitative estimate of drug-likeness (QED) is 0.797. The van der Waals surface area contributed by atoms with Gasteiger partial charge in [0.1, 0.15) is 0 Å². The van der Waals surface area contributed by atoms with Crippen LogP contribution in [0.2, 0.25) is 0 Å². The van der Waals surface area contributed by atoms with E-state index in [1.165, 1.54) is 17.5 Å². The van der Waals surface area contributed by atoms with Gasteiger partial charge >= 0.3 is 0 Å². The Kier molecular flexibility index (Phi) is 2.53. The molecule has 20 heavy (non-hydrogen) atoms. The molecule has 106 valence electrons. The van der Waals surface area contributed by atoms with Crippen molar-refractivity contribution in [2.24, 2.45) is 24.8 Å². The summed E-state index contributed by atoms with van der Waals surface area (Å²) in [5.74, 6) is 2.05. The zero-order chi connectivity index (χ0) is 13.9. The Balaban J connectivity index is 1.50. The van der Waals surface area contributed by atoms with E-state index in [4.69, 9.17) is 0 Å². The second-order valence-electron chi connectivity index (χ2n) is 6.43. The lowest BCUT2D eigenvalue weighted by Crippen LogP contribution is -2.39. The van der Waals surface area contributed by atoms with E-state index in [1.54, 1.807) is 13.1 Å². The summed E-state index contributed by atoms with van der Waals surface area (Å²) in [6.45, 7) is 1.30. The lowest BCUT2D eigenvalue weighted by molar-refractivity contribution is -0.133. The number of aryl methyl sites for hydroxylation is 1. The average molecular weight is 273 g/mol. The van der Waals surface area contributed by atoms with E-state index in [1.807, 2.05) is 4.90 Å². The first kappa shape index (κ1) is 12.1. The molecule has 1 aliphatic heterocycles. The number of hydrogen-bond acceptors (Lipinski definition) is 3. The van der Waals surface area contributed by atoms with E-state index in [0.29, 0.717) is 18.4 Å². The van der Waals surface area contributed by atoms with Gasteiger partial charge in [-0.05, 0) is 31.1 Å². The fourth-order valence-electron chi connectivity index (χ4n) is 3.46. The fourth-order valence-corrected chi connectivity index (χ4v) is 3.46. The highest BCUT2D eigenvalue weighted by atomic mass is 16.2. The molecule has 2 aliphatic carbocycles. The Hall–Kier alpha value is -1.65. The van der Waals surface area contributed by atoms with Gasteiger partial charge in [-0.25, -0.2) is 4.68 Å². The smallest absolute Gasteiger partial charge is 0.266 e. The molecule has 0 saturated heterocycles. The number of carbonyl (C=O) groups is 1. The van der Waals surface area contributed by atoms with Crippen molar-refractivity contribution >= 4 is 5.91 Å². The SMILES string of the molecule is Cn1nc2c(cc1=O)CN(C(=O)[C@H]1C[C@@H]1C1CC1)CC2. The number of nitrogens with zero attached hydrogens (tertiary/aromatic N) is 3. The fraction of sp³-hybridized carbons (Fsp3) is 0.667. The topological polar surface area (TPSA) is 55.2 Å². The minimum absolute atomic E-state index is 0.0969. The average Bonchev–Trinajstić information content (AvgIpc) is 3.29. The molecule has 5 nitrogen and oxygen atoms in total. The van der Waals surface area contributed by atoms with Gasteiger partial charge < -0.3 is 4.90 Å². The number of hydrogen-bond donors (Lipinski definition) is 0. The maximum atomic E-state index is 12.5. The molecule has 2 heterocycles. The highest BCUT2D eigenvalue weighted by Crippen LogP contribution is 2.55. The minimum atomic E-state index is -0.0969. The van der Waals surface area contributed by atoms with Crippen LogP contribution in [0.5, 0.6) is 0 Å². The summed E-state index contributed by atoms with van der Waals surface area (Å²) in [6.07, 6.45) is 4.48. The first-order valence-corrected chi connectivity index (χ1v) is 7.48. The number of aromatic nitrogens is 2. The molecule has 1 amide bonds. The first-order valence-electron chi connectivity index (χ1n) is 7.48. The second-order valence-corrected chi connectivity index (χ2v) is 6.43. The Bertz CT molecular complexity index is 632. The predicted molar refractivity (Wildman–Crippen MR) is 72.9 cm³/mol. The van der Waals surface area contributed by atoms with E-state index >= 15 is 0 Å². The van der Waals surface area contributed by atoms with Crippen LogP contribution in [-0.2, 0) is 24.8 Å².